The molecule has 2 N–H and O–H groups in total. The number of Topliss-reactive ketones (excluding diaryl/α,β-unsaturated/α-hetero) is 1. The van der Waals surface area contributed by atoms with Gasteiger partial charge in [0.05, 0.1) is 7.11 Å². The van der Waals surface area contributed by atoms with Gasteiger partial charge in [-0.25, -0.2) is 18.4 Å². The van der Waals surface area contributed by atoms with Crippen molar-refractivity contribution in [1.29, 1.82) is 0 Å². The summed E-state index contributed by atoms with van der Waals surface area (Å²) >= 11 is 0. The van der Waals surface area contributed by atoms with Crippen LogP contribution in [0.5, 0.6) is 11.5 Å². The van der Waals surface area contributed by atoms with Gasteiger partial charge in [-0.15, -0.1) is 0 Å². The van der Waals surface area contributed by atoms with Crippen molar-refractivity contribution in [2.45, 2.75) is 79.6 Å². The maximum absolute atomic E-state index is 12.1. The van der Waals surface area contributed by atoms with E-state index in [1.54, 1.807) is 25.1 Å². The summed E-state index contributed by atoms with van der Waals surface area (Å²) in [5.41, 5.74) is 0.0759. The van der Waals surface area contributed by atoms with Crippen molar-refractivity contribution in [2.75, 3.05) is 13.7 Å². The van der Waals surface area contributed by atoms with E-state index in [9.17, 15) is 28.3 Å². The second-order valence-electron chi connectivity index (χ2n) is 8.59. The normalized spacial score (nSPS) is 11.9. The van der Waals surface area contributed by atoms with Crippen LogP contribution in [0.1, 0.15) is 88.4 Å². The average Bonchev–Trinajstić information content (AvgIpc) is 2.96. The first-order valence-electron chi connectivity index (χ1n) is 13.4. The van der Waals surface area contributed by atoms with Gasteiger partial charge in [-0.2, -0.15) is 0 Å². The van der Waals surface area contributed by atoms with Crippen LogP contribution < -0.4 is 15.7 Å². The van der Waals surface area contributed by atoms with Crippen molar-refractivity contribution in [3.05, 3.63) is 69.9 Å². The van der Waals surface area contributed by atoms with Gasteiger partial charge in [-0.1, -0.05) is 59.8 Å². The Morgan fingerprint density at radius 2 is 1.75 bits per heavy atom. The van der Waals surface area contributed by atoms with Gasteiger partial charge in [-0.3, -0.25) is 10.1 Å². The van der Waals surface area contributed by atoms with Gasteiger partial charge >= 0.3 is 11.7 Å². The number of carbonyl (C=O) groups is 2. The van der Waals surface area contributed by atoms with E-state index < -0.39 is 30.5 Å². The minimum absolute atomic E-state index is 0.144. The minimum Gasteiger partial charge on any atom is -0.507 e. The van der Waals surface area contributed by atoms with Crippen LogP contribution in [0, 0.1) is 5.92 Å². The maximum atomic E-state index is 12.1. The van der Waals surface area contributed by atoms with Crippen LogP contribution in [-0.2, 0) is 11.2 Å². The van der Waals surface area contributed by atoms with Crippen molar-refractivity contribution in [3.63, 3.8) is 0 Å². The molecule has 0 radical (unpaired) electrons. The number of ketones is 1. The second-order valence-corrected chi connectivity index (χ2v) is 8.59. The molecule has 2 atom stereocenters. The van der Waals surface area contributed by atoms with Crippen molar-refractivity contribution in [3.8, 4) is 11.5 Å². The van der Waals surface area contributed by atoms with Crippen molar-refractivity contribution < 1.29 is 37.4 Å². The van der Waals surface area contributed by atoms with Crippen molar-refractivity contribution in [1.82, 2.24) is 5.32 Å². The fourth-order valence-electron chi connectivity index (χ4n) is 3.14. The van der Waals surface area contributed by atoms with Crippen LogP contribution in [-0.4, -0.2) is 37.1 Å². The summed E-state index contributed by atoms with van der Waals surface area (Å²) in [6, 6.07) is 8.50. The lowest BCUT2D eigenvalue weighted by atomic mass is 9.96. The van der Waals surface area contributed by atoms with Crippen LogP contribution in [0.2, 0.25) is 0 Å². The van der Waals surface area contributed by atoms with Gasteiger partial charge < -0.3 is 19.0 Å². The topological polar surface area (TPSA) is 115 Å². The van der Waals surface area contributed by atoms with Crippen LogP contribution >= 0.6 is 0 Å². The monoisotopic (exact) mass is 567 g/mol. The van der Waals surface area contributed by atoms with Crippen molar-refractivity contribution >= 4 is 11.9 Å². The molecule has 1 aromatic carbocycles. The van der Waals surface area contributed by atoms with Crippen LogP contribution in [0.4, 0.5) is 13.6 Å². The number of nitrogens with one attached hydrogen (secondary N) is 1. The molecule has 1 amide bonds. The summed E-state index contributed by atoms with van der Waals surface area (Å²) < 4.78 is 38.0. The molecule has 0 aliphatic rings. The summed E-state index contributed by atoms with van der Waals surface area (Å²) in [5, 5.41) is 12.5. The Bertz CT molecular complexity index is 1100. The van der Waals surface area contributed by atoms with Gasteiger partial charge in [0, 0.05) is 24.1 Å². The lowest BCUT2D eigenvalue weighted by Gasteiger charge is -2.12. The Kier molecular flexibility index (Phi) is 18.4. The summed E-state index contributed by atoms with van der Waals surface area (Å²) in [7, 11) is 1.27. The molecule has 0 saturated carbocycles. The van der Waals surface area contributed by atoms with Gasteiger partial charge in [0.1, 0.15) is 29.4 Å². The zero-order chi connectivity index (χ0) is 30.7. The summed E-state index contributed by atoms with van der Waals surface area (Å²) in [6.45, 7) is 10.9. The molecule has 0 bridgehead atoms. The number of rotatable bonds is 12. The highest BCUT2D eigenvalue weighted by atomic mass is 19.3. The summed E-state index contributed by atoms with van der Waals surface area (Å²) in [4.78, 5) is 35.1. The third-order valence-electron chi connectivity index (χ3n) is 5.72. The number of benzene rings is 1. The number of ether oxygens (including phenoxy) is 2. The lowest BCUT2D eigenvalue weighted by molar-refractivity contribution is 0.0819. The first-order valence-corrected chi connectivity index (χ1v) is 13.4. The molecule has 1 aromatic heterocycles. The highest BCUT2D eigenvalue weighted by Gasteiger charge is 2.24. The zero-order valence-corrected chi connectivity index (χ0v) is 24.5. The third-order valence-corrected chi connectivity index (χ3v) is 5.72. The van der Waals surface area contributed by atoms with E-state index in [-0.39, 0.29) is 23.1 Å². The first kappa shape index (κ1) is 36.3. The van der Waals surface area contributed by atoms with Gasteiger partial charge in [0.15, 0.2) is 5.78 Å². The Labute approximate surface area is 235 Å². The third kappa shape index (κ3) is 13.4. The van der Waals surface area contributed by atoms with Crippen LogP contribution in [0.25, 0.3) is 0 Å². The quantitative estimate of drug-likeness (QED) is 0.260. The van der Waals surface area contributed by atoms with E-state index in [1.807, 2.05) is 46.8 Å². The Morgan fingerprint density at radius 3 is 2.25 bits per heavy atom. The molecule has 0 spiro atoms. The molecule has 10 heteroatoms. The number of aromatic hydroxyl groups is 1. The largest absolute Gasteiger partial charge is 0.507 e. The highest BCUT2D eigenvalue weighted by molar-refractivity contribution is 5.99. The molecule has 40 heavy (non-hydrogen) atoms. The Morgan fingerprint density at radius 1 is 1.12 bits per heavy atom. The summed E-state index contributed by atoms with van der Waals surface area (Å²) in [6.07, 6.45) is 3.00. The van der Waals surface area contributed by atoms with Gasteiger partial charge in [0.2, 0.25) is 0 Å². The molecule has 0 fully saturated rings. The van der Waals surface area contributed by atoms with Crippen LogP contribution in [0.3, 0.4) is 0 Å². The number of alkyl carbamates (subject to hydrolysis) is 1. The lowest BCUT2D eigenvalue weighted by Crippen LogP contribution is -2.20. The molecular weight excluding hydrogens is 524 g/mol. The standard InChI is InChI=1S/C18H25NO6.C10H12F2O.C2H6/c1-5-11(2)16(21)15-13(20)10-14(25-17(15)22)12(3)8-6-7-9-19-18(23)24-4;1-2-8-3-5-9(6-4-8)13-7-10(11)12;1-2/h7,9-12,20H,5-6,8H2,1-4H3,(H,19,23);3-6,10H,2,7H2,1H3;1-2H3/b9-7+;;. The van der Waals surface area contributed by atoms with E-state index >= 15 is 0 Å². The molecule has 8 nitrogen and oxygen atoms in total. The van der Waals surface area contributed by atoms with Gasteiger partial charge in [-0.05, 0) is 43.4 Å². The SMILES string of the molecule is CC.CCC(C)C(=O)c1c(O)cc(C(C)CC/C=C/NC(=O)OC)oc1=O.CCc1ccc(OCC(F)F)cc1. The maximum Gasteiger partial charge on any atom is 0.410 e. The molecule has 0 saturated heterocycles. The van der Waals surface area contributed by atoms with E-state index in [4.69, 9.17) is 9.15 Å². The molecule has 2 unspecified atom stereocenters. The van der Waals surface area contributed by atoms with E-state index in [1.165, 1.54) is 24.9 Å². The number of hydrogen-bond donors (Lipinski definition) is 2. The number of methoxy groups -OCH3 is 1. The Hall–Kier alpha value is -3.69. The molecular formula is C30H43F2NO7. The Balaban J connectivity index is 0.000000848. The number of halogens is 2. The molecule has 224 valence electrons. The summed E-state index contributed by atoms with van der Waals surface area (Å²) in [5.74, 6) is -0.440. The number of alkyl halides is 2. The van der Waals surface area contributed by atoms with Crippen LogP contribution in [0.15, 0.2) is 51.8 Å². The predicted octanol–water partition coefficient (Wildman–Crippen LogP) is 7.25. The van der Waals surface area contributed by atoms with E-state index in [2.05, 4.69) is 10.1 Å². The zero-order valence-electron chi connectivity index (χ0n) is 24.5. The molecule has 2 aromatic rings. The average molecular weight is 568 g/mol. The number of hydrogen-bond acceptors (Lipinski definition) is 7. The number of allylic oxidation sites excluding steroid dienone is 1. The first-order chi connectivity index (χ1) is 19.0. The highest BCUT2D eigenvalue weighted by Crippen LogP contribution is 2.26. The predicted molar refractivity (Wildman–Crippen MR) is 151 cm³/mol. The van der Waals surface area contributed by atoms with E-state index in [0.717, 1.165) is 6.42 Å². The van der Waals surface area contributed by atoms with E-state index in [0.29, 0.717) is 30.8 Å². The minimum atomic E-state index is -2.41. The fourth-order valence-corrected chi connectivity index (χ4v) is 3.14. The molecule has 0 aliphatic heterocycles. The number of carbonyl (C=O) groups excluding carboxylic acids is 2. The smallest absolute Gasteiger partial charge is 0.410 e. The number of amides is 1. The van der Waals surface area contributed by atoms with Gasteiger partial charge in [0.25, 0.3) is 6.43 Å². The molecule has 1 heterocycles. The molecule has 0 aliphatic carbocycles. The van der Waals surface area contributed by atoms with Crippen molar-refractivity contribution in [2.24, 2.45) is 5.92 Å². The fraction of sp³-hybridized carbons (Fsp3) is 0.500. The molecule has 2 rings (SSSR count). The second kappa shape index (κ2) is 20.2. The number of aryl methyl sites for hydroxylation is 1.